The molecule has 0 amide bonds. The fourth-order valence-corrected chi connectivity index (χ4v) is 2.38. The van der Waals surface area contributed by atoms with Crippen molar-refractivity contribution in [3.05, 3.63) is 30.3 Å². The van der Waals surface area contributed by atoms with Crippen molar-refractivity contribution in [2.75, 3.05) is 26.2 Å². The van der Waals surface area contributed by atoms with Crippen molar-refractivity contribution in [1.82, 2.24) is 10.4 Å². The topological polar surface area (TPSA) is 71.0 Å². The predicted octanol–water partition coefficient (Wildman–Crippen LogP) is 1.00. The number of para-hydroxylation sites is 1. The van der Waals surface area contributed by atoms with Crippen LogP contribution in [0, 0.1) is 0 Å². The van der Waals surface area contributed by atoms with Crippen LogP contribution in [0.3, 0.4) is 0 Å². The Morgan fingerprint density at radius 1 is 1.24 bits per heavy atom. The zero-order valence-corrected chi connectivity index (χ0v) is 10.2. The Bertz CT molecular complexity index is 395. The van der Waals surface area contributed by atoms with Crippen LogP contribution in [0.2, 0.25) is 0 Å². The normalized spacial score (nSPS) is 20.8. The highest BCUT2D eigenvalue weighted by atomic mass is 31.2. The van der Waals surface area contributed by atoms with Crippen LogP contribution in [-0.4, -0.2) is 36.1 Å². The minimum absolute atomic E-state index is 0.313. The van der Waals surface area contributed by atoms with E-state index in [1.165, 1.54) is 5.06 Å². The largest absolute Gasteiger partial charge is 0.544 e. The van der Waals surface area contributed by atoms with E-state index >= 15 is 0 Å². The van der Waals surface area contributed by atoms with E-state index in [9.17, 15) is 9.46 Å². The summed E-state index contributed by atoms with van der Waals surface area (Å²) in [6.45, 7) is 2.57. The maximum atomic E-state index is 11.7. The van der Waals surface area contributed by atoms with Gasteiger partial charge >= 0.3 is 7.82 Å². The lowest BCUT2D eigenvalue weighted by atomic mass is 10.3. The minimum atomic E-state index is -4.08. The summed E-state index contributed by atoms with van der Waals surface area (Å²) in [7, 11) is -4.08. The van der Waals surface area contributed by atoms with Crippen molar-refractivity contribution in [3.8, 4) is 5.75 Å². The molecule has 7 heteroatoms. The molecule has 2 rings (SSSR count). The molecule has 0 aliphatic carbocycles. The monoisotopic (exact) mass is 258 g/mol. The molecule has 1 aliphatic rings. The van der Waals surface area contributed by atoms with Crippen LogP contribution in [0.15, 0.2) is 30.3 Å². The third-order valence-corrected chi connectivity index (χ3v) is 3.14. The Labute approximate surface area is 99.7 Å². The smallest absolute Gasteiger partial charge is 0.403 e. The lowest BCUT2D eigenvalue weighted by molar-refractivity contribution is -0.0859. The van der Waals surface area contributed by atoms with Gasteiger partial charge in [-0.05, 0) is 12.1 Å². The van der Waals surface area contributed by atoms with E-state index in [0.29, 0.717) is 18.8 Å². The first kappa shape index (κ1) is 12.5. The predicted molar refractivity (Wildman–Crippen MR) is 62.4 cm³/mol. The van der Waals surface area contributed by atoms with Gasteiger partial charge in [0.2, 0.25) is 0 Å². The summed E-state index contributed by atoms with van der Waals surface area (Å²) in [4.78, 5) is 9.57. The van der Waals surface area contributed by atoms with Crippen LogP contribution in [0.25, 0.3) is 0 Å². The average Bonchev–Trinajstić information content (AvgIpc) is 2.30. The van der Waals surface area contributed by atoms with Gasteiger partial charge in [-0.2, -0.15) is 9.69 Å². The number of hydroxylamine groups is 2. The molecule has 1 aliphatic heterocycles. The number of hydrogen-bond donors (Lipinski definition) is 2. The van der Waals surface area contributed by atoms with Crippen molar-refractivity contribution in [2.45, 2.75) is 0 Å². The third kappa shape index (κ3) is 4.11. The van der Waals surface area contributed by atoms with Crippen LogP contribution in [0.4, 0.5) is 0 Å². The summed E-state index contributed by atoms with van der Waals surface area (Å²) in [5.41, 5.74) is 0. The molecule has 1 fully saturated rings. The van der Waals surface area contributed by atoms with E-state index in [2.05, 4.69) is 5.32 Å². The van der Waals surface area contributed by atoms with Crippen molar-refractivity contribution < 1.29 is 18.6 Å². The highest BCUT2D eigenvalue weighted by Gasteiger charge is 2.28. The molecule has 1 unspecified atom stereocenters. The van der Waals surface area contributed by atoms with Gasteiger partial charge in [0, 0.05) is 26.2 Å². The molecular formula is C10H15N2O4P. The first-order valence-corrected chi connectivity index (χ1v) is 6.88. The zero-order chi connectivity index (χ0) is 12.1. The maximum absolute atomic E-state index is 11.7. The van der Waals surface area contributed by atoms with E-state index in [1.807, 2.05) is 0 Å². The quantitative estimate of drug-likeness (QED) is 0.785. The van der Waals surface area contributed by atoms with Gasteiger partial charge in [-0.25, -0.2) is 4.57 Å². The van der Waals surface area contributed by atoms with E-state index in [0.717, 1.165) is 13.1 Å². The summed E-state index contributed by atoms with van der Waals surface area (Å²) in [6, 6.07) is 8.45. The van der Waals surface area contributed by atoms with Gasteiger partial charge in [-0.1, -0.05) is 18.2 Å². The Hall–Kier alpha value is -0.910. The third-order valence-electron chi connectivity index (χ3n) is 2.26. The molecule has 1 aromatic rings. The van der Waals surface area contributed by atoms with E-state index in [-0.39, 0.29) is 0 Å². The molecule has 6 nitrogen and oxygen atoms in total. The van der Waals surface area contributed by atoms with E-state index < -0.39 is 7.82 Å². The molecule has 1 heterocycles. The van der Waals surface area contributed by atoms with Crippen molar-refractivity contribution >= 4 is 7.82 Å². The molecule has 1 aromatic carbocycles. The second-order valence-corrected chi connectivity index (χ2v) is 4.92. The molecule has 1 atom stereocenters. The summed E-state index contributed by atoms with van der Waals surface area (Å²) in [6.07, 6.45) is 0. The standard InChI is InChI=1S/C10H15N2O4P/c13-17(14,15-10-4-2-1-3-5-10)16-12-8-6-11-7-9-12/h1-5,11H,6-9H2,(H,13,14). The van der Waals surface area contributed by atoms with Gasteiger partial charge in [0.1, 0.15) is 5.75 Å². The molecule has 0 spiro atoms. The maximum Gasteiger partial charge on any atom is 0.544 e. The second kappa shape index (κ2) is 5.62. The molecule has 0 saturated carbocycles. The SMILES string of the molecule is O=P(O)(Oc1ccccc1)ON1CCNCC1. The van der Waals surface area contributed by atoms with Crippen molar-refractivity contribution in [1.29, 1.82) is 0 Å². The number of benzene rings is 1. The van der Waals surface area contributed by atoms with Crippen LogP contribution >= 0.6 is 7.82 Å². The first-order valence-electron chi connectivity index (χ1n) is 5.38. The van der Waals surface area contributed by atoms with Gasteiger partial charge in [-0.15, -0.1) is 0 Å². The number of nitrogens with zero attached hydrogens (tertiary/aromatic N) is 1. The summed E-state index contributed by atoms with van der Waals surface area (Å²) in [5, 5.41) is 4.56. The van der Waals surface area contributed by atoms with Crippen LogP contribution in [0.5, 0.6) is 5.75 Å². The number of phosphoric ester groups is 1. The Morgan fingerprint density at radius 3 is 2.53 bits per heavy atom. The van der Waals surface area contributed by atoms with E-state index in [1.54, 1.807) is 30.3 Å². The number of hydrogen-bond acceptors (Lipinski definition) is 5. The summed E-state index contributed by atoms with van der Waals surface area (Å²) >= 11 is 0. The van der Waals surface area contributed by atoms with Gasteiger partial charge < -0.3 is 9.84 Å². The first-order chi connectivity index (χ1) is 8.16. The molecule has 0 bridgehead atoms. The fraction of sp³-hybridized carbons (Fsp3) is 0.400. The molecular weight excluding hydrogens is 243 g/mol. The van der Waals surface area contributed by atoms with Gasteiger partial charge in [0.25, 0.3) is 0 Å². The van der Waals surface area contributed by atoms with Crippen LogP contribution in [0.1, 0.15) is 0 Å². The Kier molecular flexibility index (Phi) is 4.15. The van der Waals surface area contributed by atoms with Gasteiger partial charge in [0.05, 0.1) is 0 Å². The minimum Gasteiger partial charge on any atom is -0.403 e. The highest BCUT2D eigenvalue weighted by Crippen LogP contribution is 2.44. The fourth-order valence-electron chi connectivity index (χ4n) is 1.50. The number of phosphoric acid groups is 1. The Morgan fingerprint density at radius 2 is 1.88 bits per heavy atom. The summed E-state index contributed by atoms with van der Waals surface area (Å²) in [5.74, 6) is 0.313. The highest BCUT2D eigenvalue weighted by molar-refractivity contribution is 7.47. The number of piperazine rings is 1. The van der Waals surface area contributed by atoms with Gasteiger partial charge in [0.15, 0.2) is 0 Å². The molecule has 1 saturated heterocycles. The molecule has 17 heavy (non-hydrogen) atoms. The average molecular weight is 258 g/mol. The molecule has 0 aromatic heterocycles. The summed E-state index contributed by atoms with van der Waals surface area (Å²) < 4.78 is 21.6. The van der Waals surface area contributed by atoms with Gasteiger partial charge in [-0.3, -0.25) is 4.89 Å². The number of rotatable bonds is 4. The van der Waals surface area contributed by atoms with E-state index in [4.69, 9.17) is 9.15 Å². The molecule has 2 N–H and O–H groups in total. The van der Waals surface area contributed by atoms with Crippen LogP contribution in [-0.2, 0) is 9.19 Å². The van der Waals surface area contributed by atoms with Crippen molar-refractivity contribution in [2.24, 2.45) is 0 Å². The van der Waals surface area contributed by atoms with Crippen molar-refractivity contribution in [3.63, 3.8) is 0 Å². The second-order valence-electron chi connectivity index (χ2n) is 3.63. The van der Waals surface area contributed by atoms with Crippen LogP contribution < -0.4 is 9.84 Å². The lowest BCUT2D eigenvalue weighted by Gasteiger charge is -2.27. The molecule has 0 radical (unpaired) electrons. The zero-order valence-electron chi connectivity index (χ0n) is 9.28. The lowest BCUT2D eigenvalue weighted by Crippen LogP contribution is -2.42. The Balaban J connectivity index is 1.92. The number of nitrogens with one attached hydrogen (secondary N) is 1. The molecule has 94 valence electrons.